The highest BCUT2D eigenvalue weighted by Gasteiger charge is 2.54. The van der Waals surface area contributed by atoms with Crippen molar-refractivity contribution in [3.8, 4) is 0 Å². The number of allylic oxidation sites excluding steroid dienone is 10. The maximum absolute atomic E-state index is 13.5. The molecule has 0 radical (unpaired) electrons. The predicted molar refractivity (Wildman–Crippen MR) is 402 cm³/mol. The van der Waals surface area contributed by atoms with E-state index < -0.39 is 124 Å². The molecule has 17 unspecified atom stereocenters. The van der Waals surface area contributed by atoms with Crippen molar-refractivity contribution in [2.24, 2.45) is 0 Å². The number of nitrogens with one attached hydrogen (secondary N) is 1. The van der Waals surface area contributed by atoms with Gasteiger partial charge in [0.2, 0.25) is 5.91 Å². The highest BCUT2D eigenvalue weighted by atomic mass is 16.8. The number of carbonyl (C=O) groups is 1. The molecule has 0 aromatic heterocycles. The number of carbonyl (C=O) groups excluding carboxylic acids is 1. The van der Waals surface area contributed by atoms with Gasteiger partial charge < -0.3 is 89.9 Å². The molecule has 590 valence electrons. The molecule has 0 aromatic carbocycles. The minimum Gasteiger partial charge on any atom is -0.394 e. The van der Waals surface area contributed by atoms with Crippen LogP contribution in [0, 0.1) is 0 Å². The van der Waals surface area contributed by atoms with Crippen LogP contribution in [0.3, 0.4) is 0 Å². The lowest BCUT2D eigenvalue weighted by molar-refractivity contribution is -0.379. The highest BCUT2D eigenvalue weighted by Crippen LogP contribution is 2.33. The molecule has 0 aromatic rings. The largest absolute Gasteiger partial charge is 0.394 e. The van der Waals surface area contributed by atoms with Gasteiger partial charge in [-0.2, -0.15) is 0 Å². The summed E-state index contributed by atoms with van der Waals surface area (Å²) in [6.45, 7) is 1.72. The molecule has 12 N–H and O–H groups in total. The monoisotopic (exact) mass is 1440 g/mol. The molecule has 0 spiro atoms. The first-order chi connectivity index (χ1) is 49.3. The first kappa shape index (κ1) is 92.7. The zero-order valence-electron chi connectivity index (χ0n) is 63.1. The van der Waals surface area contributed by atoms with Gasteiger partial charge in [-0.3, -0.25) is 4.79 Å². The lowest BCUT2D eigenvalue weighted by Gasteiger charge is -2.48. The third-order valence-electron chi connectivity index (χ3n) is 20.4. The lowest BCUT2D eigenvalue weighted by Crippen LogP contribution is -2.66. The van der Waals surface area contributed by atoms with E-state index in [-0.39, 0.29) is 18.9 Å². The fraction of sp³-hybridized carbons (Fsp3) is 0.866. The van der Waals surface area contributed by atoms with Crippen LogP contribution < -0.4 is 5.32 Å². The third kappa shape index (κ3) is 42.6. The lowest BCUT2D eigenvalue weighted by atomic mass is 9.96. The summed E-state index contributed by atoms with van der Waals surface area (Å²) in [5.41, 5.74) is 0. The standard InChI is InChI=1S/C82H149NO18/c1-3-5-7-9-11-13-15-17-19-21-22-23-24-25-26-27-28-29-30-31-32-33-34-35-36-37-38-39-40-41-42-44-46-48-50-52-54-56-58-60-70(88)83-65(66(87)59-57-55-53-51-49-47-45-43-20-18-16-14-12-10-8-6-4-2)64-96-80-76(94)73(91)78(68(62-85)98-80)101-82-77(95)74(92)79(69(63-86)99-82)100-81-75(93)72(90)71(89)67(61-84)97-81/h5,7,11,13,17,19,22-23,25-26,65-69,71-82,84-87,89-95H,3-4,6,8-10,12,14-16,18,20-21,24,27-64H2,1-2H3,(H,83,88)/b7-5-,13-11-,19-17-,23-22-,26-25-. The number of aliphatic hydroxyl groups excluding tert-OH is 11. The maximum Gasteiger partial charge on any atom is 0.220 e. The summed E-state index contributed by atoms with van der Waals surface area (Å²) in [4.78, 5) is 13.5. The molecule has 0 saturated carbocycles. The Bertz CT molecular complexity index is 2060. The molecule has 19 heteroatoms. The molecular formula is C82H149NO18. The summed E-state index contributed by atoms with van der Waals surface area (Å²) >= 11 is 0. The molecule has 3 rings (SSSR count). The van der Waals surface area contributed by atoms with Crippen LogP contribution in [0.15, 0.2) is 60.8 Å². The average molecular weight is 1440 g/mol. The number of hydrogen-bond donors (Lipinski definition) is 12. The first-order valence-electron chi connectivity index (χ1n) is 41.0. The van der Waals surface area contributed by atoms with E-state index in [0.29, 0.717) is 12.8 Å². The minimum atomic E-state index is -1.97. The van der Waals surface area contributed by atoms with Crippen LogP contribution in [0.5, 0.6) is 0 Å². The predicted octanol–water partition coefficient (Wildman–Crippen LogP) is 13.8. The second-order valence-corrected chi connectivity index (χ2v) is 29.2. The minimum absolute atomic E-state index is 0.237. The SMILES string of the molecule is CC/C=C\C/C=C\C/C=C\C/C=C\C/C=C\CCCCCCCCCCCCCCCCCCCCCCCCCC(=O)NC(COC1OC(CO)C(OC2OC(CO)C(OC3OC(CO)C(O)C(O)C3O)C(O)C2O)C(O)C1O)C(O)CCCCCCCCCCCCCCCCCCC. The van der Waals surface area contributed by atoms with Crippen LogP contribution >= 0.6 is 0 Å². The second-order valence-electron chi connectivity index (χ2n) is 29.2. The van der Waals surface area contributed by atoms with Crippen molar-refractivity contribution in [2.45, 2.75) is 426 Å². The average Bonchev–Trinajstić information content (AvgIpc) is 0.792. The first-order valence-corrected chi connectivity index (χ1v) is 41.0. The molecule has 3 aliphatic rings. The van der Waals surface area contributed by atoms with Gasteiger partial charge in [0.05, 0.1) is 38.6 Å². The van der Waals surface area contributed by atoms with Gasteiger partial charge in [-0.1, -0.05) is 319 Å². The molecule has 0 aliphatic carbocycles. The molecule has 1 amide bonds. The Hall–Kier alpha value is -2.51. The summed E-state index contributed by atoms with van der Waals surface area (Å²) in [5.74, 6) is -0.237. The number of rotatable bonds is 65. The van der Waals surface area contributed by atoms with Crippen molar-refractivity contribution in [3.05, 3.63) is 60.8 Å². The van der Waals surface area contributed by atoms with E-state index in [1.165, 1.54) is 212 Å². The molecular weight excluding hydrogens is 1290 g/mol. The molecule has 3 saturated heterocycles. The van der Waals surface area contributed by atoms with Crippen molar-refractivity contribution in [3.63, 3.8) is 0 Å². The van der Waals surface area contributed by atoms with Crippen LogP contribution in [0.25, 0.3) is 0 Å². The zero-order chi connectivity index (χ0) is 73.2. The second kappa shape index (κ2) is 62.5. The topological polar surface area (TPSA) is 307 Å². The highest BCUT2D eigenvalue weighted by molar-refractivity contribution is 5.76. The molecule has 3 fully saturated rings. The van der Waals surface area contributed by atoms with E-state index >= 15 is 0 Å². The summed E-state index contributed by atoms with van der Waals surface area (Å²) in [5, 5.41) is 121. The molecule has 101 heavy (non-hydrogen) atoms. The van der Waals surface area contributed by atoms with Crippen molar-refractivity contribution in [2.75, 3.05) is 26.4 Å². The number of amides is 1. The van der Waals surface area contributed by atoms with Crippen LogP contribution in [0.1, 0.15) is 322 Å². The van der Waals surface area contributed by atoms with Gasteiger partial charge >= 0.3 is 0 Å². The van der Waals surface area contributed by atoms with E-state index in [1.807, 2.05) is 0 Å². The van der Waals surface area contributed by atoms with Crippen LogP contribution in [-0.4, -0.2) is 193 Å². The smallest absolute Gasteiger partial charge is 0.220 e. The summed E-state index contributed by atoms with van der Waals surface area (Å²) < 4.78 is 34.5. The van der Waals surface area contributed by atoms with E-state index in [9.17, 15) is 61.0 Å². The van der Waals surface area contributed by atoms with Gasteiger partial charge in [-0.25, -0.2) is 0 Å². The Morgan fingerprint density at radius 2 is 0.683 bits per heavy atom. The number of hydrogen-bond acceptors (Lipinski definition) is 18. The van der Waals surface area contributed by atoms with Gasteiger partial charge in [-0.05, 0) is 57.8 Å². The third-order valence-corrected chi connectivity index (χ3v) is 20.4. The Morgan fingerprint density at radius 3 is 1.07 bits per heavy atom. The Kier molecular flexibility index (Phi) is 57.4. The van der Waals surface area contributed by atoms with Crippen LogP contribution in [-0.2, 0) is 33.2 Å². The van der Waals surface area contributed by atoms with Gasteiger partial charge in [0, 0.05) is 6.42 Å². The van der Waals surface area contributed by atoms with E-state index in [2.05, 4.69) is 79.9 Å². The molecule has 17 atom stereocenters. The van der Waals surface area contributed by atoms with Crippen molar-refractivity contribution < 1.29 is 89.4 Å². The molecule has 19 nitrogen and oxygen atoms in total. The summed E-state index contributed by atoms with van der Waals surface area (Å²) in [6.07, 6.45) is 53.2. The molecule has 3 heterocycles. The number of ether oxygens (including phenoxy) is 6. The number of aliphatic hydroxyl groups is 11. The van der Waals surface area contributed by atoms with E-state index in [0.717, 1.165) is 77.0 Å². The van der Waals surface area contributed by atoms with Crippen LogP contribution in [0.2, 0.25) is 0 Å². The van der Waals surface area contributed by atoms with Gasteiger partial charge in [0.15, 0.2) is 18.9 Å². The van der Waals surface area contributed by atoms with Gasteiger partial charge in [-0.15, -0.1) is 0 Å². The Labute approximate surface area is 611 Å². The fourth-order valence-electron chi connectivity index (χ4n) is 13.8. The van der Waals surface area contributed by atoms with E-state index in [4.69, 9.17) is 28.4 Å². The quantitative estimate of drug-likeness (QED) is 0.0199. The van der Waals surface area contributed by atoms with Crippen LogP contribution in [0.4, 0.5) is 0 Å². The fourth-order valence-corrected chi connectivity index (χ4v) is 13.8. The molecule has 0 bridgehead atoms. The summed E-state index contributed by atoms with van der Waals surface area (Å²) in [7, 11) is 0. The number of unbranched alkanes of at least 4 members (excludes halogenated alkanes) is 39. The van der Waals surface area contributed by atoms with Gasteiger partial charge in [0.1, 0.15) is 73.2 Å². The van der Waals surface area contributed by atoms with Gasteiger partial charge in [0.25, 0.3) is 0 Å². The van der Waals surface area contributed by atoms with Crippen molar-refractivity contribution >= 4 is 5.91 Å². The van der Waals surface area contributed by atoms with E-state index in [1.54, 1.807) is 0 Å². The Balaban J connectivity index is 1.29. The molecule has 3 aliphatic heterocycles. The Morgan fingerprint density at radius 1 is 0.366 bits per heavy atom. The van der Waals surface area contributed by atoms with Crippen molar-refractivity contribution in [1.29, 1.82) is 0 Å². The zero-order valence-corrected chi connectivity index (χ0v) is 63.1. The van der Waals surface area contributed by atoms with Crippen molar-refractivity contribution in [1.82, 2.24) is 5.32 Å². The normalized spacial score (nSPS) is 26.6. The summed E-state index contributed by atoms with van der Waals surface area (Å²) in [6, 6.07) is -0.887. The maximum atomic E-state index is 13.5.